The van der Waals surface area contributed by atoms with Crippen LogP contribution in [0, 0.1) is 0 Å². The molecule has 5 nitrogen and oxygen atoms in total. The highest BCUT2D eigenvalue weighted by atomic mass is 32.2. The number of aromatic nitrogens is 1. The summed E-state index contributed by atoms with van der Waals surface area (Å²) in [6.07, 6.45) is 3.21. The first-order valence-electron chi connectivity index (χ1n) is 5.86. The maximum absolute atomic E-state index is 12.2. The summed E-state index contributed by atoms with van der Waals surface area (Å²) in [6, 6.07) is 1.71. The first kappa shape index (κ1) is 14.9. The standard InChI is InChI=1S/C12H21N3O2S/c1-5-7-15(4)18(16,17)12-8-11(9-13-6-2)14(3)10-12/h5,8,10,13H,1,6-7,9H2,2-4H3. The van der Waals surface area contributed by atoms with Gasteiger partial charge in [0.2, 0.25) is 10.0 Å². The molecule has 0 bridgehead atoms. The number of hydrogen-bond acceptors (Lipinski definition) is 3. The molecule has 6 heteroatoms. The second-order valence-electron chi connectivity index (χ2n) is 4.13. The maximum atomic E-state index is 12.2. The highest BCUT2D eigenvalue weighted by Crippen LogP contribution is 2.17. The van der Waals surface area contributed by atoms with E-state index in [1.54, 1.807) is 25.4 Å². The van der Waals surface area contributed by atoms with Crippen LogP contribution in [0.15, 0.2) is 29.8 Å². The fourth-order valence-corrected chi connectivity index (χ4v) is 2.84. The van der Waals surface area contributed by atoms with Gasteiger partial charge in [0.15, 0.2) is 0 Å². The molecular formula is C12H21N3O2S. The molecule has 102 valence electrons. The summed E-state index contributed by atoms with van der Waals surface area (Å²) in [5, 5.41) is 3.18. The van der Waals surface area contributed by atoms with Gasteiger partial charge in [-0.2, -0.15) is 4.31 Å². The van der Waals surface area contributed by atoms with Gasteiger partial charge in [-0.25, -0.2) is 8.42 Å². The number of nitrogens with one attached hydrogen (secondary N) is 1. The Balaban J connectivity index is 2.99. The van der Waals surface area contributed by atoms with Crippen molar-refractivity contribution in [3.8, 4) is 0 Å². The zero-order valence-electron chi connectivity index (χ0n) is 11.2. The van der Waals surface area contributed by atoms with Gasteiger partial charge in [0.1, 0.15) is 4.90 Å². The highest BCUT2D eigenvalue weighted by Gasteiger charge is 2.21. The van der Waals surface area contributed by atoms with Gasteiger partial charge in [-0.1, -0.05) is 13.0 Å². The molecule has 18 heavy (non-hydrogen) atoms. The number of sulfonamides is 1. The van der Waals surface area contributed by atoms with Crippen LogP contribution in [-0.4, -0.2) is 37.4 Å². The van der Waals surface area contributed by atoms with Crippen LogP contribution in [0.1, 0.15) is 12.6 Å². The summed E-state index contributed by atoms with van der Waals surface area (Å²) in [5.74, 6) is 0. The molecule has 0 amide bonds. The second kappa shape index (κ2) is 6.17. The molecule has 0 aromatic carbocycles. The SMILES string of the molecule is C=CCN(C)S(=O)(=O)c1cc(CNCC)n(C)c1. The van der Waals surface area contributed by atoms with E-state index in [1.807, 2.05) is 18.5 Å². The van der Waals surface area contributed by atoms with Crippen LogP contribution >= 0.6 is 0 Å². The molecule has 0 saturated carbocycles. The second-order valence-corrected chi connectivity index (χ2v) is 6.18. The van der Waals surface area contributed by atoms with Crippen LogP contribution in [0.4, 0.5) is 0 Å². The van der Waals surface area contributed by atoms with Crippen molar-refractivity contribution < 1.29 is 8.42 Å². The third-order valence-corrected chi connectivity index (χ3v) is 4.52. The van der Waals surface area contributed by atoms with Crippen LogP contribution in [-0.2, 0) is 23.6 Å². The topological polar surface area (TPSA) is 54.3 Å². The van der Waals surface area contributed by atoms with Crippen molar-refractivity contribution in [1.29, 1.82) is 0 Å². The van der Waals surface area contributed by atoms with Crippen molar-refractivity contribution in [3.05, 3.63) is 30.6 Å². The number of aryl methyl sites for hydroxylation is 1. The Morgan fingerprint density at radius 3 is 2.78 bits per heavy atom. The molecule has 1 heterocycles. The first-order valence-corrected chi connectivity index (χ1v) is 7.30. The highest BCUT2D eigenvalue weighted by molar-refractivity contribution is 7.89. The van der Waals surface area contributed by atoms with Crippen LogP contribution in [0.5, 0.6) is 0 Å². The largest absolute Gasteiger partial charge is 0.352 e. The Morgan fingerprint density at radius 2 is 2.22 bits per heavy atom. The van der Waals surface area contributed by atoms with E-state index in [4.69, 9.17) is 0 Å². The predicted octanol–water partition coefficient (Wildman–Crippen LogP) is 0.941. The van der Waals surface area contributed by atoms with Crippen molar-refractivity contribution in [2.45, 2.75) is 18.4 Å². The lowest BCUT2D eigenvalue weighted by atomic mass is 10.4. The smallest absolute Gasteiger partial charge is 0.244 e. The number of rotatable bonds is 7. The lowest BCUT2D eigenvalue weighted by molar-refractivity contribution is 0.499. The monoisotopic (exact) mass is 271 g/mol. The predicted molar refractivity (Wildman–Crippen MR) is 72.8 cm³/mol. The lowest BCUT2D eigenvalue weighted by Gasteiger charge is -2.13. The van der Waals surface area contributed by atoms with Gasteiger partial charge in [0.05, 0.1) is 0 Å². The van der Waals surface area contributed by atoms with E-state index in [-0.39, 0.29) is 0 Å². The van der Waals surface area contributed by atoms with E-state index in [0.717, 1.165) is 12.2 Å². The molecule has 0 saturated heterocycles. The minimum atomic E-state index is -3.41. The van der Waals surface area contributed by atoms with Crippen LogP contribution in [0.25, 0.3) is 0 Å². The summed E-state index contributed by atoms with van der Waals surface area (Å²) < 4.78 is 27.5. The summed E-state index contributed by atoms with van der Waals surface area (Å²) in [6.45, 7) is 7.38. The molecule has 0 fully saturated rings. The van der Waals surface area contributed by atoms with Gasteiger partial charge in [0.25, 0.3) is 0 Å². The fraction of sp³-hybridized carbons (Fsp3) is 0.500. The van der Waals surface area contributed by atoms with Gasteiger partial charge in [-0.05, 0) is 12.6 Å². The Morgan fingerprint density at radius 1 is 1.56 bits per heavy atom. The molecule has 1 rings (SSSR count). The molecule has 1 N–H and O–H groups in total. The van der Waals surface area contributed by atoms with Crippen LogP contribution < -0.4 is 5.32 Å². The van der Waals surface area contributed by atoms with Crippen molar-refractivity contribution >= 4 is 10.0 Å². The number of nitrogens with zero attached hydrogens (tertiary/aromatic N) is 2. The molecule has 0 aliphatic rings. The third-order valence-electron chi connectivity index (χ3n) is 2.73. The van der Waals surface area contributed by atoms with Crippen molar-refractivity contribution in [2.75, 3.05) is 20.1 Å². The van der Waals surface area contributed by atoms with Crippen molar-refractivity contribution in [2.24, 2.45) is 7.05 Å². The van der Waals surface area contributed by atoms with Gasteiger partial charge in [0, 0.05) is 39.1 Å². The molecule has 0 unspecified atom stereocenters. The Bertz CT molecular complexity index is 505. The third kappa shape index (κ3) is 3.22. The quantitative estimate of drug-likeness (QED) is 0.751. The van der Waals surface area contributed by atoms with E-state index >= 15 is 0 Å². The van der Waals surface area contributed by atoms with Crippen molar-refractivity contribution in [1.82, 2.24) is 14.2 Å². The Hall–Kier alpha value is -1.11. The van der Waals surface area contributed by atoms with Crippen LogP contribution in [0.3, 0.4) is 0 Å². The van der Waals surface area contributed by atoms with E-state index in [2.05, 4.69) is 11.9 Å². The summed E-state index contributed by atoms with van der Waals surface area (Å²) in [4.78, 5) is 0.322. The van der Waals surface area contributed by atoms with Gasteiger partial charge in [-0.15, -0.1) is 6.58 Å². The zero-order chi connectivity index (χ0) is 13.8. The fourth-order valence-electron chi connectivity index (χ4n) is 1.61. The molecular weight excluding hydrogens is 250 g/mol. The summed E-state index contributed by atoms with van der Waals surface area (Å²) in [7, 11) is -0.0184. The first-order chi connectivity index (χ1) is 8.43. The average molecular weight is 271 g/mol. The van der Waals surface area contributed by atoms with E-state index in [9.17, 15) is 8.42 Å². The minimum Gasteiger partial charge on any atom is -0.352 e. The van der Waals surface area contributed by atoms with Gasteiger partial charge >= 0.3 is 0 Å². The number of hydrogen-bond donors (Lipinski definition) is 1. The van der Waals surface area contributed by atoms with E-state index in [0.29, 0.717) is 18.0 Å². The molecule has 1 aromatic heterocycles. The summed E-state index contributed by atoms with van der Waals surface area (Å²) in [5.41, 5.74) is 0.947. The normalized spacial score (nSPS) is 12.0. The average Bonchev–Trinajstić information content (AvgIpc) is 2.69. The number of likely N-dealkylation sites (N-methyl/N-ethyl adjacent to an activating group) is 1. The molecule has 0 atom stereocenters. The summed E-state index contributed by atoms with van der Waals surface area (Å²) >= 11 is 0. The molecule has 0 aliphatic heterocycles. The zero-order valence-corrected chi connectivity index (χ0v) is 12.0. The lowest BCUT2D eigenvalue weighted by Crippen LogP contribution is -2.26. The maximum Gasteiger partial charge on any atom is 0.244 e. The van der Waals surface area contributed by atoms with Gasteiger partial charge < -0.3 is 9.88 Å². The minimum absolute atomic E-state index is 0.305. The Kier molecular flexibility index (Phi) is 5.13. The molecule has 0 spiro atoms. The van der Waals surface area contributed by atoms with E-state index in [1.165, 1.54) is 4.31 Å². The molecule has 0 aliphatic carbocycles. The van der Waals surface area contributed by atoms with Gasteiger partial charge in [-0.3, -0.25) is 0 Å². The Labute approximate surface area is 109 Å². The molecule has 0 radical (unpaired) electrons. The van der Waals surface area contributed by atoms with Crippen molar-refractivity contribution in [3.63, 3.8) is 0 Å². The van der Waals surface area contributed by atoms with E-state index < -0.39 is 10.0 Å². The van der Waals surface area contributed by atoms with Crippen LogP contribution in [0.2, 0.25) is 0 Å². The molecule has 1 aromatic rings.